The number of likely N-dealkylation sites (tertiary alicyclic amines) is 1. The molecule has 0 bridgehead atoms. The van der Waals surface area contributed by atoms with Crippen LogP contribution in [0.2, 0.25) is 0 Å². The number of alkyl halides is 2. The van der Waals surface area contributed by atoms with Gasteiger partial charge in [0.2, 0.25) is 0 Å². The highest BCUT2D eigenvalue weighted by Gasteiger charge is 2.32. The van der Waals surface area contributed by atoms with E-state index in [9.17, 15) is 18.4 Å². The van der Waals surface area contributed by atoms with Crippen LogP contribution in [-0.4, -0.2) is 52.9 Å². The molecule has 3 rings (SSSR count). The van der Waals surface area contributed by atoms with Gasteiger partial charge in [-0.25, -0.2) is 18.7 Å². The summed E-state index contributed by atoms with van der Waals surface area (Å²) in [7, 11) is 1.45. The molecule has 162 valence electrons. The maximum atomic E-state index is 13.9. The summed E-state index contributed by atoms with van der Waals surface area (Å²) in [5, 5.41) is 5.52. The highest BCUT2D eigenvalue weighted by Crippen LogP contribution is 2.38. The number of anilines is 1. The summed E-state index contributed by atoms with van der Waals surface area (Å²) >= 11 is 0.925. The summed E-state index contributed by atoms with van der Waals surface area (Å²) in [5.74, 6) is -0.481. The minimum Gasteiger partial charge on any atom is -0.370 e. The van der Waals surface area contributed by atoms with E-state index in [1.54, 1.807) is 4.90 Å². The Bertz CT molecular complexity index is 934. The Morgan fingerprint density at radius 2 is 2.17 bits per heavy atom. The van der Waals surface area contributed by atoms with Crippen molar-refractivity contribution in [2.75, 3.05) is 25.5 Å². The van der Waals surface area contributed by atoms with E-state index in [0.717, 1.165) is 30.6 Å². The first-order valence-electron chi connectivity index (χ1n) is 9.93. The number of pyridine rings is 1. The fraction of sp³-hybridized carbons (Fsp3) is 0.500. The summed E-state index contributed by atoms with van der Waals surface area (Å²) < 4.78 is 27.8. The highest BCUT2D eigenvalue weighted by molar-refractivity contribution is 7.17. The summed E-state index contributed by atoms with van der Waals surface area (Å²) in [4.78, 5) is 35.7. The van der Waals surface area contributed by atoms with Crippen molar-refractivity contribution in [1.29, 1.82) is 0 Å². The molecule has 3 heterocycles. The van der Waals surface area contributed by atoms with Gasteiger partial charge in [0.15, 0.2) is 5.01 Å². The Kier molecular flexibility index (Phi) is 6.96. The Hall–Kier alpha value is -2.62. The molecule has 0 saturated carbocycles. The van der Waals surface area contributed by atoms with Gasteiger partial charge in [-0.1, -0.05) is 6.92 Å². The molecule has 0 aliphatic carbocycles. The van der Waals surface area contributed by atoms with Crippen molar-refractivity contribution in [3.63, 3.8) is 0 Å². The third-order valence-corrected chi connectivity index (χ3v) is 6.12. The molecular weight excluding hydrogens is 412 g/mol. The van der Waals surface area contributed by atoms with Crippen LogP contribution < -0.4 is 10.6 Å². The lowest BCUT2D eigenvalue weighted by molar-refractivity contribution is 0.0743. The number of hydrogen-bond donors (Lipinski definition) is 2. The second kappa shape index (κ2) is 9.46. The molecule has 1 aliphatic heterocycles. The van der Waals surface area contributed by atoms with Crippen LogP contribution in [0, 0.1) is 0 Å². The van der Waals surface area contributed by atoms with E-state index in [1.807, 2.05) is 13.8 Å². The lowest BCUT2D eigenvalue weighted by Gasteiger charge is -2.21. The van der Waals surface area contributed by atoms with E-state index in [2.05, 4.69) is 20.6 Å². The topological polar surface area (TPSA) is 87.2 Å². The number of carbonyl (C=O) groups excluding carboxylic acids is 2. The van der Waals surface area contributed by atoms with E-state index in [0.29, 0.717) is 18.9 Å². The average Bonchev–Trinajstić information content (AvgIpc) is 3.37. The number of nitrogens with one attached hydrogen (secondary N) is 2. The second-order valence-corrected chi connectivity index (χ2v) is 8.15. The molecule has 1 saturated heterocycles. The molecule has 0 radical (unpaired) electrons. The number of nitrogens with zero attached hydrogens (tertiary/aromatic N) is 3. The van der Waals surface area contributed by atoms with Crippen molar-refractivity contribution in [2.45, 2.75) is 45.6 Å². The first-order valence-corrected chi connectivity index (χ1v) is 10.7. The van der Waals surface area contributed by atoms with Gasteiger partial charge in [0.05, 0.1) is 4.88 Å². The van der Waals surface area contributed by atoms with Gasteiger partial charge in [-0.3, -0.25) is 9.59 Å². The number of hydrogen-bond acceptors (Lipinski definition) is 6. The van der Waals surface area contributed by atoms with Crippen LogP contribution in [0.5, 0.6) is 0 Å². The van der Waals surface area contributed by atoms with Gasteiger partial charge in [-0.2, -0.15) is 0 Å². The normalized spacial score (nSPS) is 16.2. The number of halogens is 2. The molecule has 2 N–H and O–H groups in total. The molecular formula is C20H25F2N5O2S. The van der Waals surface area contributed by atoms with Crippen molar-refractivity contribution in [3.05, 3.63) is 28.5 Å². The van der Waals surface area contributed by atoms with Crippen LogP contribution in [0.15, 0.2) is 12.3 Å². The molecule has 10 heteroatoms. The van der Waals surface area contributed by atoms with Crippen molar-refractivity contribution in [1.82, 2.24) is 20.2 Å². The second-order valence-electron chi connectivity index (χ2n) is 7.15. The number of amides is 2. The zero-order valence-corrected chi connectivity index (χ0v) is 18.0. The van der Waals surface area contributed by atoms with Crippen LogP contribution in [0.3, 0.4) is 0 Å². The molecule has 1 atom stereocenters. The molecule has 0 spiro atoms. The largest absolute Gasteiger partial charge is 0.370 e. The van der Waals surface area contributed by atoms with Gasteiger partial charge in [0.25, 0.3) is 18.2 Å². The van der Waals surface area contributed by atoms with Crippen LogP contribution in [-0.2, 0) is 0 Å². The molecule has 1 fully saturated rings. The number of carbonyl (C=O) groups is 2. The number of rotatable bonds is 7. The Morgan fingerprint density at radius 3 is 2.77 bits per heavy atom. The van der Waals surface area contributed by atoms with Gasteiger partial charge >= 0.3 is 0 Å². The fourth-order valence-corrected chi connectivity index (χ4v) is 4.45. The Balaban J connectivity index is 2.11. The first-order chi connectivity index (χ1) is 14.4. The zero-order chi connectivity index (χ0) is 21.8. The number of thiazole rings is 1. The summed E-state index contributed by atoms with van der Waals surface area (Å²) in [5.41, 5.74) is -0.112. The van der Waals surface area contributed by atoms with Gasteiger partial charge in [0, 0.05) is 43.5 Å². The quantitative estimate of drug-likeness (QED) is 0.685. The fourth-order valence-electron chi connectivity index (χ4n) is 3.41. The smallest absolute Gasteiger partial charge is 0.280 e. The van der Waals surface area contributed by atoms with Gasteiger partial charge in [0.1, 0.15) is 11.5 Å². The van der Waals surface area contributed by atoms with E-state index < -0.39 is 12.3 Å². The molecule has 1 unspecified atom stereocenters. The van der Waals surface area contributed by atoms with Crippen molar-refractivity contribution in [3.8, 4) is 10.4 Å². The molecule has 2 amide bonds. The lowest BCUT2D eigenvalue weighted by atomic mass is 10.1. The monoisotopic (exact) mass is 437 g/mol. The van der Waals surface area contributed by atoms with Gasteiger partial charge in [-0.05, 0) is 32.3 Å². The molecule has 30 heavy (non-hydrogen) atoms. The van der Waals surface area contributed by atoms with Crippen LogP contribution in [0.1, 0.15) is 65.4 Å². The maximum Gasteiger partial charge on any atom is 0.280 e. The first kappa shape index (κ1) is 22.1. The Labute approximate surface area is 177 Å². The predicted octanol–water partition coefficient (Wildman–Crippen LogP) is 3.95. The maximum absolute atomic E-state index is 13.9. The van der Waals surface area contributed by atoms with Crippen LogP contribution in [0.4, 0.5) is 14.6 Å². The third-order valence-electron chi connectivity index (χ3n) is 5.04. The van der Waals surface area contributed by atoms with Crippen molar-refractivity contribution in [2.24, 2.45) is 0 Å². The van der Waals surface area contributed by atoms with Crippen LogP contribution in [0.25, 0.3) is 10.4 Å². The van der Waals surface area contributed by atoms with Crippen molar-refractivity contribution < 1.29 is 18.4 Å². The zero-order valence-electron chi connectivity index (χ0n) is 17.2. The summed E-state index contributed by atoms with van der Waals surface area (Å²) in [6.07, 6.45) is 1.12. The standard InChI is InChI=1S/C20H25F2N5O2S/c1-4-7-24-14-9-12(17(21)22)13(10-25-14)16-15(26-19(30-16)18(28)23-3)20(29)27-8-5-6-11(27)2/h9-11,17H,4-8H2,1-3H3,(H,23,28)(H,24,25). The molecule has 0 aromatic carbocycles. The molecule has 2 aromatic heterocycles. The Morgan fingerprint density at radius 1 is 1.40 bits per heavy atom. The van der Waals surface area contributed by atoms with E-state index in [-0.39, 0.29) is 38.7 Å². The summed E-state index contributed by atoms with van der Waals surface area (Å²) in [6, 6.07) is 1.32. The number of aromatic nitrogens is 2. The average molecular weight is 438 g/mol. The van der Waals surface area contributed by atoms with E-state index in [1.165, 1.54) is 19.3 Å². The molecule has 7 nitrogen and oxygen atoms in total. The van der Waals surface area contributed by atoms with E-state index in [4.69, 9.17) is 0 Å². The van der Waals surface area contributed by atoms with E-state index >= 15 is 0 Å². The summed E-state index contributed by atoms with van der Waals surface area (Å²) in [6.45, 7) is 5.08. The minimum absolute atomic E-state index is 0.0188. The highest BCUT2D eigenvalue weighted by atomic mass is 32.1. The molecule has 1 aliphatic rings. The predicted molar refractivity (Wildman–Crippen MR) is 112 cm³/mol. The van der Waals surface area contributed by atoms with Gasteiger partial charge in [-0.15, -0.1) is 11.3 Å². The van der Waals surface area contributed by atoms with Crippen LogP contribution >= 0.6 is 11.3 Å². The minimum atomic E-state index is -2.77. The SMILES string of the molecule is CCCNc1cc(C(F)F)c(-c2sc(C(=O)NC)nc2C(=O)N2CCCC2C)cn1. The van der Waals surface area contributed by atoms with Crippen molar-refractivity contribution >= 4 is 29.0 Å². The van der Waals surface area contributed by atoms with Gasteiger partial charge < -0.3 is 15.5 Å². The molecule has 2 aromatic rings. The third kappa shape index (κ3) is 4.43. The lowest BCUT2D eigenvalue weighted by Crippen LogP contribution is -2.34.